The molecule has 0 saturated carbocycles. The van der Waals surface area contributed by atoms with E-state index in [2.05, 4.69) is 30.5 Å². The summed E-state index contributed by atoms with van der Waals surface area (Å²) in [6.45, 7) is 0.636. The minimum Gasteiger partial charge on any atom is -0.443 e. The van der Waals surface area contributed by atoms with Gasteiger partial charge in [-0.05, 0) is 30.7 Å². The maximum Gasteiger partial charge on any atom is 0.407 e. The molecule has 4 rings (SSSR count). The Hall–Kier alpha value is -4.35. The van der Waals surface area contributed by atoms with Gasteiger partial charge in [0.15, 0.2) is 6.61 Å². The molecule has 2 amide bonds. The second kappa shape index (κ2) is 9.42. The number of nitrogens with one attached hydrogen (secondary N) is 2. The molecular formula is C21H18F2N6O4. The number of hydrogen-bond donors (Lipinski definition) is 2. The summed E-state index contributed by atoms with van der Waals surface area (Å²) in [4.78, 5) is 32.6. The van der Waals surface area contributed by atoms with E-state index in [9.17, 15) is 18.4 Å². The Morgan fingerprint density at radius 3 is 2.91 bits per heavy atom. The summed E-state index contributed by atoms with van der Waals surface area (Å²) in [5.74, 6) is -0.0665. The number of aryl methyl sites for hydroxylation is 1. The molecule has 0 aliphatic rings. The monoisotopic (exact) mass is 456 g/mol. The van der Waals surface area contributed by atoms with Crippen LogP contribution in [0.1, 0.15) is 21.9 Å². The van der Waals surface area contributed by atoms with Crippen LogP contribution in [0.5, 0.6) is 0 Å². The molecule has 4 aromatic rings. The number of hydrogen-bond acceptors (Lipinski definition) is 7. The number of carbonyl (C=O) groups excluding carboxylic acids is 2. The molecule has 0 aliphatic heterocycles. The van der Waals surface area contributed by atoms with Gasteiger partial charge in [-0.3, -0.25) is 9.20 Å². The first-order valence-corrected chi connectivity index (χ1v) is 9.76. The maximum atomic E-state index is 12.8. The van der Waals surface area contributed by atoms with Crippen molar-refractivity contribution in [2.75, 3.05) is 11.9 Å². The summed E-state index contributed by atoms with van der Waals surface area (Å²) in [5, 5.41) is 8.96. The number of nitrogens with zero attached hydrogens (tertiary/aromatic N) is 4. The lowest BCUT2D eigenvalue weighted by atomic mass is 10.1. The summed E-state index contributed by atoms with van der Waals surface area (Å²) in [6, 6.07) is 10.7. The standard InChI is InChI=1S/C21H18F2N6O4/c1-12-5-6-13(19-27-18(33-28-19)10-25-21(31)32-11-16(22)23)8-14(12)26-20(30)15-9-24-17-4-2-3-7-29(15)17/h2-9,16H,10-11H2,1H3,(H,25,31)(H,26,30). The van der Waals surface area contributed by atoms with Crippen molar-refractivity contribution in [1.82, 2.24) is 24.8 Å². The molecule has 33 heavy (non-hydrogen) atoms. The minimum absolute atomic E-state index is 0.0517. The molecule has 170 valence electrons. The van der Waals surface area contributed by atoms with Crippen molar-refractivity contribution in [3.8, 4) is 11.4 Å². The van der Waals surface area contributed by atoms with Gasteiger partial charge >= 0.3 is 6.09 Å². The fourth-order valence-electron chi connectivity index (χ4n) is 2.96. The lowest BCUT2D eigenvalue weighted by Crippen LogP contribution is -2.25. The van der Waals surface area contributed by atoms with Gasteiger partial charge in [0.05, 0.1) is 6.20 Å². The van der Waals surface area contributed by atoms with E-state index in [0.717, 1.165) is 5.56 Å². The molecule has 0 bridgehead atoms. The number of halogens is 2. The van der Waals surface area contributed by atoms with Gasteiger partial charge < -0.3 is 19.9 Å². The molecule has 10 nitrogen and oxygen atoms in total. The number of rotatable bonds is 7. The Labute approximate surface area is 185 Å². The van der Waals surface area contributed by atoms with Crippen LogP contribution in [-0.4, -0.2) is 44.6 Å². The molecule has 3 heterocycles. The number of carbonyl (C=O) groups is 2. The Kier molecular flexibility index (Phi) is 6.24. The van der Waals surface area contributed by atoms with E-state index in [1.54, 1.807) is 40.9 Å². The molecule has 1 aromatic carbocycles. The molecule has 0 spiro atoms. The van der Waals surface area contributed by atoms with Gasteiger partial charge in [0.2, 0.25) is 11.7 Å². The quantitative estimate of drug-likeness (QED) is 0.437. The van der Waals surface area contributed by atoms with Gasteiger partial charge in [0.25, 0.3) is 12.3 Å². The van der Waals surface area contributed by atoms with E-state index in [1.807, 2.05) is 13.0 Å². The lowest BCUT2D eigenvalue weighted by molar-refractivity contribution is 0.0484. The van der Waals surface area contributed by atoms with E-state index >= 15 is 0 Å². The zero-order chi connectivity index (χ0) is 23.4. The molecular weight excluding hydrogens is 438 g/mol. The highest BCUT2D eigenvalue weighted by molar-refractivity contribution is 6.04. The summed E-state index contributed by atoms with van der Waals surface area (Å²) < 4.78 is 35.2. The number of aromatic nitrogens is 4. The van der Waals surface area contributed by atoms with Crippen LogP contribution in [0.2, 0.25) is 0 Å². The van der Waals surface area contributed by atoms with Crippen molar-refractivity contribution in [3.63, 3.8) is 0 Å². The van der Waals surface area contributed by atoms with E-state index in [1.165, 1.54) is 6.20 Å². The normalized spacial score (nSPS) is 11.0. The third-order valence-corrected chi connectivity index (χ3v) is 4.59. The number of amides is 2. The lowest BCUT2D eigenvalue weighted by Gasteiger charge is -2.09. The van der Waals surface area contributed by atoms with Gasteiger partial charge in [-0.15, -0.1) is 0 Å². The summed E-state index contributed by atoms with van der Waals surface area (Å²) >= 11 is 0. The third-order valence-electron chi connectivity index (χ3n) is 4.59. The highest BCUT2D eigenvalue weighted by Gasteiger charge is 2.16. The first kappa shape index (κ1) is 21.9. The van der Waals surface area contributed by atoms with Crippen LogP contribution in [0.3, 0.4) is 0 Å². The number of imidazole rings is 1. The molecule has 12 heteroatoms. The second-order valence-electron chi connectivity index (χ2n) is 6.91. The predicted octanol–water partition coefficient (Wildman–Crippen LogP) is 3.44. The second-order valence-corrected chi connectivity index (χ2v) is 6.91. The molecule has 0 atom stereocenters. The van der Waals surface area contributed by atoms with Crippen LogP contribution in [-0.2, 0) is 11.3 Å². The van der Waals surface area contributed by atoms with E-state index in [4.69, 9.17) is 4.52 Å². The SMILES string of the molecule is Cc1ccc(-c2noc(CNC(=O)OCC(F)F)n2)cc1NC(=O)c1cnc2ccccn12. The Morgan fingerprint density at radius 1 is 1.24 bits per heavy atom. The molecule has 0 unspecified atom stereocenters. The zero-order valence-electron chi connectivity index (χ0n) is 17.3. The van der Waals surface area contributed by atoms with E-state index in [0.29, 0.717) is 22.6 Å². The summed E-state index contributed by atoms with van der Waals surface area (Å²) in [6.07, 6.45) is -0.537. The zero-order valence-corrected chi connectivity index (χ0v) is 17.3. The number of fused-ring (bicyclic) bond motifs is 1. The van der Waals surface area contributed by atoms with Crippen LogP contribution in [0.4, 0.5) is 19.3 Å². The van der Waals surface area contributed by atoms with Crippen molar-refractivity contribution >= 4 is 23.3 Å². The first-order valence-electron chi connectivity index (χ1n) is 9.76. The van der Waals surface area contributed by atoms with Gasteiger partial charge in [0, 0.05) is 17.4 Å². The first-order chi connectivity index (χ1) is 15.9. The number of ether oxygens (including phenoxy) is 1. The molecule has 2 N–H and O–H groups in total. The average Bonchev–Trinajstić information content (AvgIpc) is 3.45. The molecule has 3 aromatic heterocycles. The smallest absolute Gasteiger partial charge is 0.407 e. The number of anilines is 1. The predicted molar refractivity (Wildman–Crippen MR) is 112 cm³/mol. The van der Waals surface area contributed by atoms with E-state index in [-0.39, 0.29) is 24.2 Å². The van der Waals surface area contributed by atoms with Gasteiger partial charge in [-0.1, -0.05) is 23.4 Å². The Morgan fingerprint density at radius 2 is 2.09 bits per heavy atom. The van der Waals surface area contributed by atoms with Crippen LogP contribution in [0.15, 0.2) is 53.3 Å². The summed E-state index contributed by atoms with van der Waals surface area (Å²) in [7, 11) is 0. The summed E-state index contributed by atoms with van der Waals surface area (Å²) in [5.41, 5.74) is 2.95. The van der Waals surface area contributed by atoms with E-state index < -0.39 is 19.1 Å². The number of pyridine rings is 1. The maximum absolute atomic E-state index is 12.8. The van der Waals surface area contributed by atoms with Gasteiger partial charge in [-0.2, -0.15) is 4.98 Å². The van der Waals surface area contributed by atoms with Crippen molar-refractivity contribution in [2.45, 2.75) is 19.9 Å². The Bertz CT molecular complexity index is 1300. The van der Waals surface area contributed by atoms with Crippen LogP contribution >= 0.6 is 0 Å². The van der Waals surface area contributed by atoms with Crippen LogP contribution in [0, 0.1) is 6.92 Å². The molecule has 0 fully saturated rings. The third kappa shape index (κ3) is 5.11. The highest BCUT2D eigenvalue weighted by Crippen LogP contribution is 2.24. The van der Waals surface area contributed by atoms with Crippen LogP contribution < -0.4 is 10.6 Å². The highest BCUT2D eigenvalue weighted by atomic mass is 19.3. The average molecular weight is 456 g/mol. The fourth-order valence-corrected chi connectivity index (χ4v) is 2.96. The molecule has 0 radical (unpaired) electrons. The van der Waals surface area contributed by atoms with Gasteiger partial charge in [0.1, 0.15) is 17.9 Å². The Balaban J connectivity index is 1.45. The van der Waals surface area contributed by atoms with Crippen molar-refractivity contribution < 1.29 is 27.6 Å². The molecule has 0 aliphatic carbocycles. The number of alkyl carbamates (subject to hydrolysis) is 1. The molecule has 0 saturated heterocycles. The topological polar surface area (TPSA) is 124 Å². The van der Waals surface area contributed by atoms with Gasteiger partial charge in [-0.25, -0.2) is 18.6 Å². The van der Waals surface area contributed by atoms with Crippen molar-refractivity contribution in [3.05, 3.63) is 65.9 Å². The van der Waals surface area contributed by atoms with Crippen molar-refractivity contribution in [1.29, 1.82) is 0 Å². The number of benzene rings is 1. The fraction of sp³-hybridized carbons (Fsp3) is 0.190. The number of alkyl halides is 2. The largest absolute Gasteiger partial charge is 0.443 e. The minimum atomic E-state index is -2.75. The van der Waals surface area contributed by atoms with Crippen molar-refractivity contribution in [2.24, 2.45) is 0 Å². The van der Waals surface area contributed by atoms with Crippen LogP contribution in [0.25, 0.3) is 17.0 Å².